The van der Waals surface area contributed by atoms with Gasteiger partial charge in [0.25, 0.3) is 0 Å². The van der Waals surface area contributed by atoms with Crippen molar-refractivity contribution in [1.82, 2.24) is 0 Å². The summed E-state index contributed by atoms with van der Waals surface area (Å²) in [7, 11) is 5.52. The summed E-state index contributed by atoms with van der Waals surface area (Å²) in [6.45, 7) is 4.61. The molecule has 50 heavy (non-hydrogen) atoms. The summed E-state index contributed by atoms with van der Waals surface area (Å²) in [6, 6.07) is -0.613. The van der Waals surface area contributed by atoms with Gasteiger partial charge in [-0.25, -0.2) is 4.79 Å². The molecule has 0 heterocycles. The Morgan fingerprint density at radius 3 is 1.64 bits per heavy atom. The minimum Gasteiger partial charge on any atom is -0.477 e. The van der Waals surface area contributed by atoms with Gasteiger partial charge in [0.05, 0.1) is 34.4 Å². The maximum atomic E-state index is 12.6. The lowest BCUT2D eigenvalue weighted by Gasteiger charge is -2.31. The van der Waals surface area contributed by atoms with E-state index in [4.69, 9.17) is 14.2 Å². The first-order valence-electron chi connectivity index (χ1n) is 20.4. The van der Waals surface area contributed by atoms with Crippen LogP contribution >= 0.6 is 0 Å². The van der Waals surface area contributed by atoms with Gasteiger partial charge in [-0.1, -0.05) is 141 Å². The van der Waals surface area contributed by atoms with E-state index in [1.54, 1.807) is 0 Å². The molecule has 0 aliphatic heterocycles. The molecule has 0 saturated heterocycles. The minimum atomic E-state index is -0.877. The number of hydrogen-bond donors (Lipinski definition) is 1. The monoisotopic (exact) mass is 709 g/mol. The Morgan fingerprint density at radius 2 is 1.12 bits per heavy atom. The third kappa shape index (κ3) is 31.8. The van der Waals surface area contributed by atoms with E-state index < -0.39 is 18.1 Å². The van der Waals surface area contributed by atoms with Crippen LogP contribution in [0.25, 0.3) is 0 Å². The molecule has 0 saturated carbocycles. The summed E-state index contributed by atoms with van der Waals surface area (Å²) in [5.41, 5.74) is 0. The van der Waals surface area contributed by atoms with Crippen LogP contribution in [0.3, 0.4) is 0 Å². The first kappa shape index (κ1) is 47.8. The van der Waals surface area contributed by atoms with Crippen molar-refractivity contribution in [2.24, 2.45) is 0 Å². The van der Waals surface area contributed by atoms with Crippen molar-refractivity contribution in [3.8, 4) is 0 Å². The molecule has 0 radical (unpaired) electrons. The number of likely N-dealkylation sites (N-methyl/N-ethyl adjacent to an activating group) is 1. The quantitative estimate of drug-likeness (QED) is 0.0299. The molecule has 8 heteroatoms. The molecule has 0 aromatic rings. The Labute approximate surface area is 307 Å². The number of carbonyl (C=O) groups is 3. The summed E-state index contributed by atoms with van der Waals surface area (Å²) >= 11 is 0. The number of carboxylic acids is 1. The largest absolute Gasteiger partial charge is 0.477 e. The van der Waals surface area contributed by atoms with Gasteiger partial charge in [-0.05, 0) is 38.5 Å². The molecular formula is C42H78NO7+. The van der Waals surface area contributed by atoms with Crippen molar-refractivity contribution in [3.05, 3.63) is 24.3 Å². The second-order valence-corrected chi connectivity index (χ2v) is 14.9. The Morgan fingerprint density at radius 1 is 0.620 bits per heavy atom. The molecule has 1 N–H and O–H groups in total. The van der Waals surface area contributed by atoms with E-state index in [1.807, 2.05) is 21.1 Å². The van der Waals surface area contributed by atoms with Crippen LogP contribution in [-0.4, -0.2) is 80.6 Å². The van der Waals surface area contributed by atoms with Crippen molar-refractivity contribution in [1.29, 1.82) is 0 Å². The standard InChI is InChI=1S/C42H77NO7/c1-6-8-10-12-14-16-18-20-21-23-24-26-28-30-32-40(44)49-37-38(36-48-35-34-39(42(46)47)43(3,4)5)50-41(45)33-31-29-27-25-22-19-17-15-13-11-9-7-2/h9,11,15,17,38-39H,6-8,10,12-14,16,18-37H2,1-5H3/p+1/b11-9+,17-15+. The average Bonchev–Trinajstić information content (AvgIpc) is 3.06. The van der Waals surface area contributed by atoms with Crippen LogP contribution in [-0.2, 0) is 28.6 Å². The molecule has 0 rings (SSSR count). The number of allylic oxidation sites excluding steroid dienone is 4. The van der Waals surface area contributed by atoms with Crippen LogP contribution in [0.5, 0.6) is 0 Å². The first-order valence-corrected chi connectivity index (χ1v) is 20.4. The molecule has 0 spiro atoms. The van der Waals surface area contributed by atoms with E-state index in [9.17, 15) is 19.5 Å². The maximum absolute atomic E-state index is 12.6. The fourth-order valence-corrected chi connectivity index (χ4v) is 5.95. The van der Waals surface area contributed by atoms with Crippen LogP contribution < -0.4 is 0 Å². The van der Waals surface area contributed by atoms with Crippen molar-refractivity contribution < 1.29 is 38.2 Å². The lowest BCUT2D eigenvalue weighted by Crippen LogP contribution is -2.50. The molecule has 8 nitrogen and oxygen atoms in total. The zero-order chi connectivity index (χ0) is 37.1. The molecule has 0 bridgehead atoms. The van der Waals surface area contributed by atoms with Crippen LogP contribution in [0.15, 0.2) is 24.3 Å². The van der Waals surface area contributed by atoms with E-state index in [0.717, 1.165) is 70.6 Å². The van der Waals surface area contributed by atoms with Gasteiger partial charge in [-0.2, -0.15) is 0 Å². The molecule has 0 aliphatic carbocycles. The summed E-state index contributed by atoms with van der Waals surface area (Å²) in [5.74, 6) is -1.48. The third-order valence-corrected chi connectivity index (χ3v) is 9.12. The number of aliphatic carboxylic acids is 1. The molecule has 0 aromatic heterocycles. The number of hydrogen-bond acceptors (Lipinski definition) is 6. The SMILES string of the molecule is CC/C=C/C/C=C/CCCCCCCC(=O)OC(COCCC(C(=O)O)[N+](C)(C)C)COC(=O)CCCCCCCCCCCCCCCC. The molecular weight excluding hydrogens is 630 g/mol. The van der Waals surface area contributed by atoms with Gasteiger partial charge in [0.1, 0.15) is 6.61 Å². The molecule has 2 atom stereocenters. The summed E-state index contributed by atoms with van der Waals surface area (Å²) in [6.07, 6.45) is 35.0. The number of esters is 2. The van der Waals surface area contributed by atoms with E-state index in [1.165, 1.54) is 70.6 Å². The second kappa shape index (κ2) is 33.9. The van der Waals surface area contributed by atoms with Crippen molar-refractivity contribution in [2.75, 3.05) is 41.0 Å². The summed E-state index contributed by atoms with van der Waals surface area (Å²) in [4.78, 5) is 36.8. The highest BCUT2D eigenvalue weighted by atomic mass is 16.6. The Hall–Kier alpha value is -2.19. The lowest BCUT2D eigenvalue weighted by molar-refractivity contribution is -0.887. The van der Waals surface area contributed by atoms with Crippen LogP contribution in [0.4, 0.5) is 0 Å². The fourth-order valence-electron chi connectivity index (χ4n) is 5.95. The van der Waals surface area contributed by atoms with Crippen molar-refractivity contribution >= 4 is 17.9 Å². The van der Waals surface area contributed by atoms with E-state index in [2.05, 4.69) is 38.2 Å². The predicted octanol–water partition coefficient (Wildman–Crippen LogP) is 10.5. The number of unbranched alkanes of at least 4 members (excludes halogenated alkanes) is 18. The van der Waals surface area contributed by atoms with Crippen LogP contribution in [0.1, 0.15) is 174 Å². The van der Waals surface area contributed by atoms with Gasteiger partial charge in [0, 0.05) is 19.3 Å². The fraction of sp³-hybridized carbons (Fsp3) is 0.833. The highest BCUT2D eigenvalue weighted by Crippen LogP contribution is 2.15. The zero-order valence-electron chi connectivity index (χ0n) is 33.1. The molecule has 0 aliphatic rings. The number of ether oxygens (including phenoxy) is 3. The van der Waals surface area contributed by atoms with Crippen LogP contribution in [0, 0.1) is 0 Å². The Bertz CT molecular complexity index is 880. The smallest absolute Gasteiger partial charge is 0.362 e. The predicted molar refractivity (Wildman–Crippen MR) is 206 cm³/mol. The van der Waals surface area contributed by atoms with Gasteiger partial charge in [-0.15, -0.1) is 0 Å². The second-order valence-electron chi connectivity index (χ2n) is 14.9. The molecule has 0 aromatic carbocycles. The number of carbonyl (C=O) groups excluding carboxylic acids is 2. The van der Waals surface area contributed by atoms with Gasteiger partial charge >= 0.3 is 17.9 Å². The summed E-state index contributed by atoms with van der Waals surface area (Å²) < 4.78 is 17.2. The number of nitrogens with zero attached hydrogens (tertiary/aromatic N) is 1. The molecule has 292 valence electrons. The number of carboxylic acid groups (broad SMARTS) is 1. The zero-order valence-corrected chi connectivity index (χ0v) is 33.1. The van der Waals surface area contributed by atoms with E-state index in [0.29, 0.717) is 19.3 Å². The normalized spacial score (nSPS) is 13.2. The molecule has 0 fully saturated rings. The van der Waals surface area contributed by atoms with Gasteiger partial charge in [0.2, 0.25) is 0 Å². The van der Waals surface area contributed by atoms with Crippen molar-refractivity contribution in [2.45, 2.75) is 187 Å². The summed E-state index contributed by atoms with van der Waals surface area (Å²) in [5, 5.41) is 9.59. The highest BCUT2D eigenvalue weighted by molar-refractivity contribution is 5.72. The topological polar surface area (TPSA) is 99.1 Å². The molecule has 2 unspecified atom stereocenters. The van der Waals surface area contributed by atoms with Gasteiger partial charge in [-0.3, -0.25) is 9.59 Å². The Kier molecular flexibility index (Phi) is 32.4. The third-order valence-electron chi connectivity index (χ3n) is 9.12. The van der Waals surface area contributed by atoms with E-state index >= 15 is 0 Å². The molecule has 0 amide bonds. The Balaban J connectivity index is 4.38. The lowest BCUT2D eigenvalue weighted by atomic mass is 10.0. The van der Waals surface area contributed by atoms with E-state index in [-0.39, 0.29) is 36.2 Å². The van der Waals surface area contributed by atoms with Crippen molar-refractivity contribution in [3.63, 3.8) is 0 Å². The van der Waals surface area contributed by atoms with Gasteiger partial charge < -0.3 is 23.8 Å². The average molecular weight is 709 g/mol. The first-order chi connectivity index (χ1) is 24.1. The van der Waals surface area contributed by atoms with Crippen LogP contribution in [0.2, 0.25) is 0 Å². The maximum Gasteiger partial charge on any atom is 0.362 e. The number of quaternary nitrogens is 1. The van der Waals surface area contributed by atoms with Gasteiger partial charge in [0.15, 0.2) is 12.1 Å². The minimum absolute atomic E-state index is 0.0530. The number of rotatable bonds is 36. The highest BCUT2D eigenvalue weighted by Gasteiger charge is 2.31.